The Hall–Kier alpha value is -1.62. The zero-order valence-electron chi connectivity index (χ0n) is 10.4. The molecule has 0 aliphatic rings. The number of ether oxygens (including phenoxy) is 1. The molecule has 0 spiro atoms. The van der Waals surface area contributed by atoms with Crippen LogP contribution in [0, 0.1) is 6.92 Å². The average molecular weight is 238 g/mol. The fraction of sp³-hybridized carbons (Fsp3) is 0.500. The zero-order valence-corrected chi connectivity index (χ0v) is 10.4. The highest BCUT2D eigenvalue weighted by Gasteiger charge is 2.07. The van der Waals surface area contributed by atoms with Crippen LogP contribution in [-0.2, 0) is 0 Å². The molecule has 0 saturated heterocycles. The monoisotopic (exact) mass is 238 g/mol. The van der Waals surface area contributed by atoms with Crippen LogP contribution in [0.2, 0.25) is 0 Å². The van der Waals surface area contributed by atoms with E-state index in [9.17, 15) is 4.79 Å². The molecule has 1 aromatic heterocycles. The second-order valence-corrected chi connectivity index (χ2v) is 4.15. The summed E-state index contributed by atoms with van der Waals surface area (Å²) in [5.74, 6) is -0.588. The normalized spacial score (nSPS) is 10.6. The fourth-order valence-corrected chi connectivity index (χ4v) is 1.39. The molecule has 5 heteroatoms. The second-order valence-electron chi connectivity index (χ2n) is 4.15. The summed E-state index contributed by atoms with van der Waals surface area (Å²) in [4.78, 5) is 17.0. The largest absolute Gasteiger partial charge is 0.478 e. The molecular formula is C12H18N2O3. The van der Waals surface area contributed by atoms with Crippen LogP contribution < -0.4 is 4.74 Å². The number of aromatic carboxylic acids is 1. The number of carboxylic acid groups (broad SMARTS) is 1. The summed E-state index contributed by atoms with van der Waals surface area (Å²) in [6.07, 6.45) is 0.880. The number of pyridine rings is 1. The summed E-state index contributed by atoms with van der Waals surface area (Å²) < 4.78 is 5.43. The quantitative estimate of drug-likeness (QED) is 0.759. The van der Waals surface area contributed by atoms with Gasteiger partial charge in [0.15, 0.2) is 0 Å². The molecule has 0 atom stereocenters. The highest BCUT2D eigenvalue weighted by molar-refractivity contribution is 5.87. The van der Waals surface area contributed by atoms with Crippen LogP contribution in [-0.4, -0.2) is 48.2 Å². The lowest BCUT2D eigenvalue weighted by Gasteiger charge is -2.10. The summed E-state index contributed by atoms with van der Waals surface area (Å²) in [7, 11) is 3.99. The minimum absolute atomic E-state index is 0.208. The summed E-state index contributed by atoms with van der Waals surface area (Å²) in [6.45, 7) is 3.21. The first-order valence-electron chi connectivity index (χ1n) is 5.48. The molecule has 0 saturated carbocycles. The molecule has 0 aliphatic heterocycles. The molecule has 1 aromatic rings. The van der Waals surface area contributed by atoms with Crippen molar-refractivity contribution >= 4 is 5.97 Å². The third-order valence-electron chi connectivity index (χ3n) is 2.18. The van der Waals surface area contributed by atoms with Gasteiger partial charge < -0.3 is 14.7 Å². The van der Waals surface area contributed by atoms with Crippen molar-refractivity contribution in [3.63, 3.8) is 0 Å². The summed E-state index contributed by atoms with van der Waals surface area (Å²) >= 11 is 0. The maximum absolute atomic E-state index is 10.8. The van der Waals surface area contributed by atoms with Crippen LogP contribution in [0.4, 0.5) is 0 Å². The minimum atomic E-state index is -0.964. The first kappa shape index (κ1) is 13.4. The van der Waals surface area contributed by atoms with Crippen LogP contribution in [0.5, 0.6) is 5.88 Å². The Balaban J connectivity index is 2.56. The third kappa shape index (κ3) is 4.82. The molecule has 0 unspecified atom stereocenters. The number of aryl methyl sites for hydroxylation is 1. The molecule has 0 aromatic carbocycles. The van der Waals surface area contributed by atoms with Crippen LogP contribution in [0.15, 0.2) is 12.1 Å². The first-order valence-corrected chi connectivity index (χ1v) is 5.48. The lowest BCUT2D eigenvalue weighted by Crippen LogP contribution is -2.15. The van der Waals surface area contributed by atoms with Crippen LogP contribution >= 0.6 is 0 Å². The Bertz CT molecular complexity index is 391. The van der Waals surface area contributed by atoms with Crippen molar-refractivity contribution in [2.45, 2.75) is 13.3 Å². The van der Waals surface area contributed by atoms with Gasteiger partial charge in [0, 0.05) is 18.3 Å². The summed E-state index contributed by atoms with van der Waals surface area (Å²) in [5.41, 5.74) is 0.854. The molecule has 1 N–H and O–H groups in total. The Labute approximate surface area is 101 Å². The molecular weight excluding hydrogens is 220 g/mol. The number of hydrogen-bond acceptors (Lipinski definition) is 4. The molecule has 0 fully saturated rings. The smallest absolute Gasteiger partial charge is 0.335 e. The maximum Gasteiger partial charge on any atom is 0.335 e. The van der Waals surface area contributed by atoms with Crippen LogP contribution in [0.1, 0.15) is 22.5 Å². The molecule has 1 heterocycles. The van der Waals surface area contributed by atoms with Crippen molar-refractivity contribution in [3.05, 3.63) is 23.4 Å². The van der Waals surface area contributed by atoms with E-state index in [4.69, 9.17) is 9.84 Å². The maximum atomic E-state index is 10.8. The standard InChI is InChI=1S/C12H18N2O3/c1-9-7-10(12(15)16)8-11(13-9)17-6-4-5-14(2)3/h7-8H,4-6H2,1-3H3,(H,15,16). The first-order chi connectivity index (χ1) is 7.99. The van der Waals surface area contributed by atoms with Crippen LogP contribution in [0.3, 0.4) is 0 Å². The van der Waals surface area contributed by atoms with E-state index < -0.39 is 5.97 Å². The Kier molecular flexibility index (Phi) is 4.90. The Morgan fingerprint density at radius 3 is 2.76 bits per heavy atom. The van der Waals surface area contributed by atoms with Gasteiger partial charge in [0.05, 0.1) is 12.2 Å². The predicted molar refractivity (Wildman–Crippen MR) is 64.6 cm³/mol. The number of rotatable bonds is 6. The van der Waals surface area contributed by atoms with E-state index >= 15 is 0 Å². The lowest BCUT2D eigenvalue weighted by atomic mass is 10.2. The van der Waals surface area contributed by atoms with Gasteiger partial charge in [-0.1, -0.05) is 0 Å². The van der Waals surface area contributed by atoms with E-state index in [2.05, 4.69) is 9.88 Å². The average Bonchev–Trinajstić information content (AvgIpc) is 2.23. The van der Waals surface area contributed by atoms with Gasteiger partial charge in [-0.3, -0.25) is 0 Å². The van der Waals surface area contributed by atoms with E-state index in [1.165, 1.54) is 12.1 Å². The molecule has 17 heavy (non-hydrogen) atoms. The van der Waals surface area contributed by atoms with Gasteiger partial charge in [-0.05, 0) is 33.5 Å². The highest BCUT2D eigenvalue weighted by Crippen LogP contribution is 2.12. The van der Waals surface area contributed by atoms with Crippen molar-refractivity contribution in [2.24, 2.45) is 0 Å². The topological polar surface area (TPSA) is 62.7 Å². The number of hydrogen-bond donors (Lipinski definition) is 1. The van der Waals surface area contributed by atoms with Gasteiger partial charge in [-0.2, -0.15) is 0 Å². The van der Waals surface area contributed by atoms with Gasteiger partial charge >= 0.3 is 5.97 Å². The molecule has 0 amide bonds. The molecule has 94 valence electrons. The van der Waals surface area contributed by atoms with Crippen molar-refractivity contribution in [1.29, 1.82) is 0 Å². The predicted octanol–water partition coefficient (Wildman–Crippen LogP) is 1.42. The summed E-state index contributed by atoms with van der Waals surface area (Å²) in [5, 5.41) is 8.89. The van der Waals surface area contributed by atoms with E-state index in [1.807, 2.05) is 14.1 Å². The molecule has 5 nitrogen and oxygen atoms in total. The van der Waals surface area contributed by atoms with E-state index in [1.54, 1.807) is 6.92 Å². The summed E-state index contributed by atoms with van der Waals surface area (Å²) in [6, 6.07) is 2.97. The SMILES string of the molecule is Cc1cc(C(=O)O)cc(OCCCN(C)C)n1. The second kappa shape index (κ2) is 6.20. The van der Waals surface area contributed by atoms with Gasteiger partial charge in [0.25, 0.3) is 0 Å². The molecule has 0 bridgehead atoms. The number of aromatic nitrogens is 1. The van der Waals surface area contributed by atoms with Crippen molar-refractivity contribution in [1.82, 2.24) is 9.88 Å². The van der Waals surface area contributed by atoms with Gasteiger partial charge in [-0.25, -0.2) is 9.78 Å². The highest BCUT2D eigenvalue weighted by atomic mass is 16.5. The Morgan fingerprint density at radius 2 is 2.18 bits per heavy atom. The third-order valence-corrected chi connectivity index (χ3v) is 2.18. The van der Waals surface area contributed by atoms with Crippen molar-refractivity contribution in [2.75, 3.05) is 27.2 Å². The molecule has 1 rings (SSSR count). The molecule has 0 radical (unpaired) electrons. The zero-order chi connectivity index (χ0) is 12.8. The number of carbonyl (C=O) groups is 1. The minimum Gasteiger partial charge on any atom is -0.478 e. The fourth-order valence-electron chi connectivity index (χ4n) is 1.39. The number of nitrogens with zero attached hydrogens (tertiary/aromatic N) is 2. The lowest BCUT2D eigenvalue weighted by molar-refractivity contribution is 0.0696. The van der Waals surface area contributed by atoms with E-state index in [0.29, 0.717) is 18.2 Å². The van der Waals surface area contributed by atoms with Crippen molar-refractivity contribution in [3.8, 4) is 5.88 Å². The van der Waals surface area contributed by atoms with Crippen molar-refractivity contribution < 1.29 is 14.6 Å². The Morgan fingerprint density at radius 1 is 1.47 bits per heavy atom. The van der Waals surface area contributed by atoms with Gasteiger partial charge in [0.1, 0.15) is 0 Å². The van der Waals surface area contributed by atoms with Gasteiger partial charge in [0.2, 0.25) is 5.88 Å². The van der Waals surface area contributed by atoms with Crippen LogP contribution in [0.25, 0.3) is 0 Å². The van der Waals surface area contributed by atoms with E-state index in [-0.39, 0.29) is 5.56 Å². The van der Waals surface area contributed by atoms with Gasteiger partial charge in [-0.15, -0.1) is 0 Å². The number of carboxylic acids is 1. The molecule has 0 aliphatic carbocycles. The van der Waals surface area contributed by atoms with E-state index in [0.717, 1.165) is 13.0 Å².